The first kappa shape index (κ1) is 14.4. The van der Waals surface area contributed by atoms with E-state index in [2.05, 4.69) is 20.9 Å². The van der Waals surface area contributed by atoms with Crippen LogP contribution in [0.3, 0.4) is 0 Å². The third-order valence-electron chi connectivity index (χ3n) is 3.58. The van der Waals surface area contributed by atoms with Crippen molar-refractivity contribution < 1.29 is 9.90 Å². The third kappa shape index (κ3) is 2.95. The van der Waals surface area contributed by atoms with Crippen molar-refractivity contribution in [2.24, 2.45) is 0 Å². The van der Waals surface area contributed by atoms with Crippen LogP contribution in [-0.2, 0) is 0 Å². The van der Waals surface area contributed by atoms with Gasteiger partial charge in [0, 0.05) is 20.6 Å². The fourth-order valence-corrected chi connectivity index (χ4v) is 2.54. The maximum Gasteiger partial charge on any atom is 0.407 e. The molecule has 0 unspecified atom stereocenters. The molecule has 5 nitrogen and oxygen atoms in total. The molecule has 0 bridgehead atoms. The van der Waals surface area contributed by atoms with Crippen LogP contribution in [0.5, 0.6) is 0 Å². The van der Waals surface area contributed by atoms with Crippen LogP contribution in [0.1, 0.15) is 12.8 Å². The summed E-state index contributed by atoms with van der Waals surface area (Å²) in [6.45, 7) is 0.644. The standard InChI is InChI=1S/C12H15BrClN3O2/c1-16(8-5-9(13)10(14)15-6-8)7-12(3-4-12)17(2)11(18)19/h5-6H,3-4,7H2,1-2H3,(H,18,19). The van der Waals surface area contributed by atoms with Gasteiger partial charge in [-0.25, -0.2) is 9.78 Å². The van der Waals surface area contributed by atoms with Crippen molar-refractivity contribution in [1.29, 1.82) is 0 Å². The van der Waals surface area contributed by atoms with Gasteiger partial charge in [-0.3, -0.25) is 0 Å². The Hall–Kier alpha value is -1.01. The topological polar surface area (TPSA) is 56.7 Å². The van der Waals surface area contributed by atoms with Crippen molar-refractivity contribution in [3.05, 3.63) is 21.9 Å². The van der Waals surface area contributed by atoms with Crippen LogP contribution in [-0.4, -0.2) is 47.3 Å². The molecule has 1 aromatic heterocycles. The SMILES string of the molecule is CN(CC1(N(C)C(=O)O)CC1)c1cnc(Cl)c(Br)c1. The molecule has 0 radical (unpaired) electrons. The summed E-state index contributed by atoms with van der Waals surface area (Å²) in [5, 5.41) is 9.51. The first-order valence-electron chi connectivity index (χ1n) is 5.85. The van der Waals surface area contributed by atoms with E-state index in [1.807, 2.05) is 18.0 Å². The third-order valence-corrected chi connectivity index (χ3v) is 4.71. The highest BCUT2D eigenvalue weighted by atomic mass is 79.9. The Morgan fingerprint density at radius 3 is 2.68 bits per heavy atom. The summed E-state index contributed by atoms with van der Waals surface area (Å²) in [6.07, 6.45) is 2.58. The Kier molecular flexibility index (Phi) is 3.92. The molecule has 1 saturated carbocycles. The van der Waals surface area contributed by atoms with Crippen LogP contribution in [0.15, 0.2) is 16.7 Å². The number of pyridine rings is 1. The van der Waals surface area contributed by atoms with E-state index in [9.17, 15) is 4.79 Å². The molecule has 0 spiro atoms. The lowest BCUT2D eigenvalue weighted by Gasteiger charge is -2.31. The lowest BCUT2D eigenvalue weighted by molar-refractivity contribution is 0.133. The summed E-state index contributed by atoms with van der Waals surface area (Å²) in [6, 6.07) is 1.88. The van der Waals surface area contributed by atoms with Crippen LogP contribution in [0.4, 0.5) is 10.5 Å². The Balaban J connectivity index is 2.11. The Morgan fingerprint density at radius 1 is 1.58 bits per heavy atom. The fraction of sp³-hybridized carbons (Fsp3) is 0.500. The zero-order chi connectivity index (χ0) is 14.2. The van der Waals surface area contributed by atoms with E-state index in [1.165, 1.54) is 4.90 Å². The number of anilines is 1. The normalized spacial score (nSPS) is 16.0. The van der Waals surface area contributed by atoms with Gasteiger partial charge in [0.1, 0.15) is 5.15 Å². The van der Waals surface area contributed by atoms with Crippen molar-refractivity contribution in [2.75, 3.05) is 25.5 Å². The first-order valence-corrected chi connectivity index (χ1v) is 7.02. The molecule has 0 aromatic carbocycles. The van der Waals surface area contributed by atoms with E-state index in [1.54, 1.807) is 13.2 Å². The Bertz CT molecular complexity index is 508. The summed E-state index contributed by atoms with van der Waals surface area (Å²) in [5.41, 5.74) is 0.633. The average Bonchev–Trinajstić information content (AvgIpc) is 3.12. The molecular weight excluding hydrogens is 334 g/mol. The number of amides is 1. The molecule has 7 heteroatoms. The molecule has 1 aliphatic rings. The number of halogens is 2. The van der Waals surface area contributed by atoms with E-state index in [0.717, 1.165) is 23.0 Å². The molecule has 0 saturated heterocycles. The van der Waals surface area contributed by atoms with Crippen molar-refractivity contribution >= 4 is 39.3 Å². The number of aromatic nitrogens is 1. The van der Waals surface area contributed by atoms with Gasteiger partial charge in [-0.05, 0) is 34.8 Å². The summed E-state index contributed by atoms with van der Waals surface area (Å²) in [4.78, 5) is 18.6. The second-order valence-corrected chi connectivity index (χ2v) is 6.10. The second-order valence-electron chi connectivity index (χ2n) is 4.89. The van der Waals surface area contributed by atoms with Crippen molar-refractivity contribution in [3.8, 4) is 0 Å². The number of likely N-dealkylation sites (N-methyl/N-ethyl adjacent to an activating group) is 2. The predicted octanol–water partition coefficient (Wildman–Crippen LogP) is 3.08. The van der Waals surface area contributed by atoms with Crippen molar-refractivity contribution in [1.82, 2.24) is 9.88 Å². The molecule has 1 N–H and O–H groups in total. The van der Waals surface area contributed by atoms with E-state index in [0.29, 0.717) is 11.7 Å². The molecule has 1 aliphatic carbocycles. The second kappa shape index (κ2) is 5.17. The number of nitrogens with zero attached hydrogens (tertiary/aromatic N) is 3. The molecule has 1 aromatic rings. The summed E-state index contributed by atoms with van der Waals surface area (Å²) >= 11 is 9.20. The number of carboxylic acid groups (broad SMARTS) is 1. The molecule has 1 amide bonds. The van der Waals surface area contributed by atoms with Crippen LogP contribution < -0.4 is 4.90 Å². The maximum atomic E-state index is 11.1. The molecule has 2 rings (SSSR count). The van der Waals surface area contributed by atoms with Gasteiger partial charge in [-0.15, -0.1) is 0 Å². The Labute approximate surface area is 125 Å². The molecule has 1 heterocycles. The molecule has 19 heavy (non-hydrogen) atoms. The zero-order valence-electron chi connectivity index (χ0n) is 10.7. The van der Waals surface area contributed by atoms with Gasteiger partial charge in [0.05, 0.1) is 21.9 Å². The zero-order valence-corrected chi connectivity index (χ0v) is 13.1. The highest BCUT2D eigenvalue weighted by molar-refractivity contribution is 9.10. The molecule has 0 aliphatic heterocycles. The van der Waals surface area contributed by atoms with E-state index in [-0.39, 0.29) is 5.54 Å². The summed E-state index contributed by atoms with van der Waals surface area (Å²) in [7, 11) is 3.55. The number of carbonyl (C=O) groups is 1. The number of rotatable bonds is 4. The smallest absolute Gasteiger partial charge is 0.407 e. The quantitative estimate of drug-likeness (QED) is 0.850. The lowest BCUT2D eigenvalue weighted by Crippen LogP contribution is -2.45. The number of hydrogen-bond acceptors (Lipinski definition) is 3. The minimum absolute atomic E-state index is 0.271. The molecule has 1 fully saturated rings. The van der Waals surface area contributed by atoms with E-state index < -0.39 is 6.09 Å². The van der Waals surface area contributed by atoms with Crippen LogP contribution in [0, 0.1) is 0 Å². The first-order chi connectivity index (χ1) is 8.85. The highest BCUT2D eigenvalue weighted by Crippen LogP contribution is 2.42. The van der Waals surface area contributed by atoms with Crippen LogP contribution >= 0.6 is 27.5 Å². The maximum absolute atomic E-state index is 11.1. The van der Waals surface area contributed by atoms with E-state index >= 15 is 0 Å². The lowest BCUT2D eigenvalue weighted by atomic mass is 10.2. The van der Waals surface area contributed by atoms with Gasteiger partial charge in [0.25, 0.3) is 0 Å². The van der Waals surface area contributed by atoms with Gasteiger partial charge >= 0.3 is 6.09 Å². The molecular formula is C12H15BrClN3O2. The minimum atomic E-state index is -0.888. The number of hydrogen-bond donors (Lipinski definition) is 1. The van der Waals surface area contributed by atoms with Gasteiger partial charge in [-0.2, -0.15) is 0 Å². The molecule has 104 valence electrons. The monoisotopic (exact) mass is 347 g/mol. The summed E-state index contributed by atoms with van der Waals surface area (Å²) in [5.74, 6) is 0. The highest BCUT2D eigenvalue weighted by Gasteiger charge is 2.49. The van der Waals surface area contributed by atoms with Crippen molar-refractivity contribution in [2.45, 2.75) is 18.4 Å². The van der Waals surface area contributed by atoms with Gasteiger partial charge < -0.3 is 14.9 Å². The predicted molar refractivity (Wildman–Crippen MR) is 78.0 cm³/mol. The van der Waals surface area contributed by atoms with Crippen LogP contribution in [0.2, 0.25) is 5.15 Å². The Morgan fingerprint density at radius 2 is 2.21 bits per heavy atom. The van der Waals surface area contributed by atoms with Gasteiger partial charge in [0.15, 0.2) is 0 Å². The minimum Gasteiger partial charge on any atom is -0.465 e. The average molecular weight is 349 g/mol. The van der Waals surface area contributed by atoms with Gasteiger partial charge in [0.2, 0.25) is 0 Å². The molecule has 0 atom stereocenters. The largest absolute Gasteiger partial charge is 0.465 e. The van der Waals surface area contributed by atoms with Crippen molar-refractivity contribution in [3.63, 3.8) is 0 Å². The van der Waals surface area contributed by atoms with Gasteiger partial charge in [-0.1, -0.05) is 11.6 Å². The summed E-state index contributed by atoms with van der Waals surface area (Å²) < 4.78 is 0.731. The fourth-order valence-electron chi connectivity index (χ4n) is 2.10. The van der Waals surface area contributed by atoms with E-state index in [4.69, 9.17) is 16.7 Å². The van der Waals surface area contributed by atoms with Crippen LogP contribution in [0.25, 0.3) is 0 Å².